The van der Waals surface area contributed by atoms with Crippen molar-refractivity contribution in [2.45, 2.75) is 33.1 Å². The van der Waals surface area contributed by atoms with Crippen molar-refractivity contribution in [2.75, 3.05) is 0 Å². The Labute approximate surface area is 122 Å². The molecule has 0 unspecified atom stereocenters. The number of halogens is 3. The maximum absolute atomic E-state index is 12.8. The van der Waals surface area contributed by atoms with Gasteiger partial charge in [0.05, 0.1) is 0 Å². The molecular weight excluding hydrogens is 298 g/mol. The molecule has 0 bridgehead atoms. The standard InChI is InChI=1S/C11H16O.CH2.2ClH.FH.Ti/c1-8-5-9(11(2,3)4)7-10(12)6-8;;;;;/h5-7,12H,1-4H3;1H2;3*1H;/q;;;;;+2/p-2. The minimum absolute atomic E-state index is 0. The second-order valence-corrected chi connectivity index (χ2v) is 6.17. The number of rotatable bonds is 2. The molecule has 98 valence electrons. The molecule has 0 spiro atoms. The number of hydrogen-bond donors (Lipinski definition) is 0. The Morgan fingerprint density at radius 2 is 1.71 bits per heavy atom. The fourth-order valence-electron chi connectivity index (χ4n) is 1.37. The van der Waals surface area contributed by atoms with Gasteiger partial charge in [0.25, 0.3) is 0 Å². The second-order valence-electron chi connectivity index (χ2n) is 4.74. The molecule has 1 rings (SSSR count). The number of hydrogen-bond acceptors (Lipinski definition) is 1. The van der Waals surface area contributed by atoms with Gasteiger partial charge in [-0.15, -0.1) is 24.8 Å². The molecule has 0 atom stereocenters. The third kappa shape index (κ3) is 6.56. The quantitative estimate of drug-likeness (QED) is 0.736. The fourth-order valence-corrected chi connectivity index (χ4v) is 1.95. The first-order chi connectivity index (χ1) is 6.79. The van der Waals surface area contributed by atoms with Crippen LogP contribution in [0.25, 0.3) is 0 Å². The van der Waals surface area contributed by atoms with Crippen molar-refractivity contribution in [3.8, 4) is 5.75 Å². The molecule has 0 aromatic heterocycles. The summed E-state index contributed by atoms with van der Waals surface area (Å²) in [6.45, 7) is 8.37. The third-order valence-corrected chi connectivity index (χ3v) is 2.86. The summed E-state index contributed by atoms with van der Waals surface area (Å²) in [7, 11) is 0. The van der Waals surface area contributed by atoms with E-state index in [1.807, 2.05) is 19.1 Å². The van der Waals surface area contributed by atoms with Crippen LogP contribution in [0.3, 0.4) is 0 Å². The maximum atomic E-state index is 12.8. The van der Waals surface area contributed by atoms with Gasteiger partial charge in [-0.25, -0.2) is 0 Å². The van der Waals surface area contributed by atoms with Crippen LogP contribution in [0.2, 0.25) is 0 Å². The van der Waals surface area contributed by atoms with E-state index in [-0.39, 0.29) is 30.2 Å². The SMILES string of the molecule is Cl.Cl.[CH2]=[Ti]([F])[O]c1cc(C)cc(C(C)(C)C)c1. The van der Waals surface area contributed by atoms with Crippen LogP contribution < -0.4 is 3.32 Å². The van der Waals surface area contributed by atoms with Gasteiger partial charge in [0.15, 0.2) is 0 Å². The average Bonchev–Trinajstić information content (AvgIpc) is 1.99. The van der Waals surface area contributed by atoms with Crippen LogP contribution in [-0.2, 0) is 23.7 Å². The van der Waals surface area contributed by atoms with Gasteiger partial charge < -0.3 is 0 Å². The van der Waals surface area contributed by atoms with Gasteiger partial charge in [-0.2, -0.15) is 0 Å². The zero-order chi connectivity index (χ0) is 11.6. The Morgan fingerprint density at radius 1 is 1.18 bits per heavy atom. The van der Waals surface area contributed by atoms with Crippen molar-refractivity contribution >= 4 is 29.6 Å². The van der Waals surface area contributed by atoms with E-state index < -0.39 is 18.3 Å². The van der Waals surface area contributed by atoms with Gasteiger partial charge >= 0.3 is 97.7 Å². The summed E-state index contributed by atoms with van der Waals surface area (Å²) in [5, 5.41) is 0. The van der Waals surface area contributed by atoms with E-state index in [1.54, 1.807) is 0 Å². The molecule has 0 N–H and O–H groups in total. The van der Waals surface area contributed by atoms with E-state index in [1.165, 1.54) is 0 Å². The molecule has 0 saturated heterocycles. The van der Waals surface area contributed by atoms with Gasteiger partial charge in [-0.3, -0.25) is 0 Å². The zero-order valence-corrected chi connectivity index (χ0v) is 13.7. The predicted octanol–water partition coefficient (Wildman–Crippen LogP) is 4.36. The van der Waals surface area contributed by atoms with E-state index in [0.29, 0.717) is 5.75 Å². The number of benzene rings is 1. The summed E-state index contributed by atoms with van der Waals surface area (Å²) in [5.74, 6) is 0.618. The monoisotopic (exact) mass is 316 g/mol. The van der Waals surface area contributed by atoms with Crippen LogP contribution in [-0.4, -0.2) is 4.82 Å². The molecule has 5 heteroatoms. The number of aryl methyl sites for hydroxylation is 1. The van der Waals surface area contributed by atoms with Gasteiger partial charge in [0.2, 0.25) is 0 Å². The predicted molar refractivity (Wildman–Crippen MR) is 73.2 cm³/mol. The van der Waals surface area contributed by atoms with E-state index in [4.69, 9.17) is 3.32 Å². The molecule has 17 heavy (non-hydrogen) atoms. The van der Waals surface area contributed by atoms with Gasteiger partial charge in [0, 0.05) is 0 Å². The molecule has 0 saturated carbocycles. The topological polar surface area (TPSA) is 9.23 Å². The van der Waals surface area contributed by atoms with Gasteiger partial charge in [-0.1, -0.05) is 0 Å². The first-order valence-electron chi connectivity index (χ1n) is 4.93. The average molecular weight is 317 g/mol. The summed E-state index contributed by atoms with van der Waals surface area (Å²) in [6.07, 6.45) is 0. The third-order valence-electron chi connectivity index (χ3n) is 2.15. The van der Waals surface area contributed by atoms with Crippen LogP contribution in [0.1, 0.15) is 31.9 Å². The van der Waals surface area contributed by atoms with Crippen LogP contribution in [0, 0.1) is 6.92 Å². The summed E-state index contributed by atoms with van der Waals surface area (Å²) in [5.41, 5.74) is 2.32. The van der Waals surface area contributed by atoms with Crippen LogP contribution in [0.15, 0.2) is 18.2 Å². The second kappa shape index (κ2) is 7.53. The molecule has 0 heterocycles. The summed E-state index contributed by atoms with van der Waals surface area (Å²) in [6, 6.07) is 5.87. The van der Waals surface area contributed by atoms with Gasteiger partial charge in [-0.05, 0) is 0 Å². The molecule has 1 nitrogen and oxygen atoms in total. The van der Waals surface area contributed by atoms with Crippen molar-refractivity contribution in [2.24, 2.45) is 0 Å². The molecule has 1 aromatic carbocycles. The zero-order valence-electron chi connectivity index (χ0n) is 10.5. The van der Waals surface area contributed by atoms with Crippen molar-refractivity contribution in [1.29, 1.82) is 0 Å². The Kier molecular flexibility index (Phi) is 8.61. The molecule has 0 amide bonds. The first kappa shape index (κ1) is 19.5. The molecule has 0 fully saturated rings. The van der Waals surface area contributed by atoms with E-state index in [2.05, 4.69) is 31.7 Å². The summed E-state index contributed by atoms with van der Waals surface area (Å²) >= 11 is -2.99. The van der Waals surface area contributed by atoms with E-state index >= 15 is 0 Å². The molecule has 0 aliphatic carbocycles. The minimum atomic E-state index is -2.99. The van der Waals surface area contributed by atoms with Gasteiger partial charge in [0.1, 0.15) is 0 Å². The molecule has 0 aliphatic rings. The van der Waals surface area contributed by atoms with Crippen molar-refractivity contribution in [3.63, 3.8) is 0 Å². The van der Waals surface area contributed by atoms with Crippen molar-refractivity contribution < 1.29 is 24.7 Å². The van der Waals surface area contributed by atoms with Crippen LogP contribution in [0.4, 0.5) is 3.09 Å². The van der Waals surface area contributed by atoms with E-state index in [0.717, 1.165) is 11.1 Å². The Hall–Kier alpha value is 0.114. The molecule has 1 aromatic rings. The Morgan fingerprint density at radius 3 is 2.12 bits per heavy atom. The molecule has 0 radical (unpaired) electrons. The Balaban J connectivity index is 0. The molecule has 0 aliphatic heterocycles. The van der Waals surface area contributed by atoms with E-state index in [9.17, 15) is 3.09 Å². The summed E-state index contributed by atoms with van der Waals surface area (Å²) in [4.78, 5) is 3.33. The normalized spacial score (nSPS) is 9.94. The fraction of sp³-hybridized carbons (Fsp3) is 0.417. The van der Waals surface area contributed by atoms with Crippen molar-refractivity contribution in [3.05, 3.63) is 29.3 Å². The molecular formula is C12H19Cl2FOTi. The first-order valence-corrected chi connectivity index (χ1v) is 7.26. The summed E-state index contributed by atoms with van der Waals surface area (Å²) < 4.78 is 17.9. The van der Waals surface area contributed by atoms with Crippen LogP contribution >= 0.6 is 24.8 Å². The Bertz CT molecular complexity index is 389. The van der Waals surface area contributed by atoms with Crippen molar-refractivity contribution in [1.82, 2.24) is 0 Å². The van der Waals surface area contributed by atoms with Crippen LogP contribution in [0.5, 0.6) is 5.75 Å².